The summed E-state index contributed by atoms with van der Waals surface area (Å²) in [4.78, 5) is 14.6. The molecular formula is C11H12FNO. The number of aromatic nitrogens is 1. The number of ketones is 1. The Labute approximate surface area is 82.2 Å². The second-order valence-electron chi connectivity index (χ2n) is 3.70. The molecule has 0 N–H and O–H groups in total. The van der Waals surface area contributed by atoms with Gasteiger partial charge in [0.1, 0.15) is 5.78 Å². The van der Waals surface area contributed by atoms with Gasteiger partial charge in [0.2, 0.25) is 5.95 Å². The fourth-order valence-corrected chi connectivity index (χ4v) is 1.95. The minimum absolute atomic E-state index is 0.182. The molecule has 0 radical (unpaired) electrons. The number of halogens is 1. The minimum Gasteiger partial charge on any atom is -0.300 e. The highest BCUT2D eigenvalue weighted by Gasteiger charge is 2.22. The van der Waals surface area contributed by atoms with E-state index in [-0.39, 0.29) is 11.9 Å². The lowest BCUT2D eigenvalue weighted by Gasteiger charge is -2.20. The molecule has 0 unspecified atom stereocenters. The molecule has 3 heteroatoms. The third kappa shape index (κ3) is 1.81. The summed E-state index contributed by atoms with van der Waals surface area (Å²) in [5.41, 5.74) is 0.667. The highest BCUT2D eigenvalue weighted by molar-refractivity contribution is 5.79. The lowest BCUT2D eigenvalue weighted by Crippen LogP contribution is -2.13. The SMILES string of the molecule is O=C1CCC(c2cccnc2F)CC1. The molecule has 0 aliphatic heterocycles. The van der Waals surface area contributed by atoms with E-state index < -0.39 is 0 Å². The van der Waals surface area contributed by atoms with Crippen molar-refractivity contribution in [1.82, 2.24) is 4.98 Å². The third-order valence-electron chi connectivity index (χ3n) is 2.77. The lowest BCUT2D eigenvalue weighted by atomic mass is 9.84. The standard InChI is InChI=1S/C11H12FNO/c12-11-10(2-1-7-13-11)8-3-5-9(14)6-4-8/h1-2,7-8H,3-6H2. The van der Waals surface area contributed by atoms with E-state index in [0.717, 1.165) is 12.8 Å². The van der Waals surface area contributed by atoms with E-state index >= 15 is 0 Å². The van der Waals surface area contributed by atoms with Gasteiger partial charge in [-0.05, 0) is 24.8 Å². The Kier molecular flexibility index (Phi) is 2.57. The molecule has 2 rings (SSSR count). The molecule has 0 amide bonds. The molecule has 1 fully saturated rings. The van der Waals surface area contributed by atoms with Gasteiger partial charge in [-0.15, -0.1) is 0 Å². The number of hydrogen-bond acceptors (Lipinski definition) is 2. The van der Waals surface area contributed by atoms with Gasteiger partial charge in [0.25, 0.3) is 0 Å². The van der Waals surface area contributed by atoms with Crippen LogP contribution in [0.2, 0.25) is 0 Å². The quantitative estimate of drug-likeness (QED) is 0.641. The summed E-state index contributed by atoms with van der Waals surface area (Å²) in [5.74, 6) is 0.0961. The monoisotopic (exact) mass is 193 g/mol. The van der Waals surface area contributed by atoms with Crippen LogP contribution >= 0.6 is 0 Å². The summed E-state index contributed by atoms with van der Waals surface area (Å²) in [6, 6.07) is 3.51. The van der Waals surface area contributed by atoms with E-state index in [4.69, 9.17) is 0 Å². The molecule has 1 aromatic rings. The van der Waals surface area contributed by atoms with Gasteiger partial charge in [0, 0.05) is 24.6 Å². The Hall–Kier alpha value is -1.25. The predicted molar refractivity (Wildman–Crippen MR) is 50.4 cm³/mol. The molecule has 0 bridgehead atoms. The van der Waals surface area contributed by atoms with Gasteiger partial charge in [-0.2, -0.15) is 4.39 Å². The minimum atomic E-state index is -0.383. The van der Waals surface area contributed by atoms with Crippen molar-refractivity contribution < 1.29 is 9.18 Å². The van der Waals surface area contributed by atoms with Crippen molar-refractivity contribution in [2.24, 2.45) is 0 Å². The molecule has 1 heterocycles. The number of rotatable bonds is 1. The molecule has 1 saturated carbocycles. The second-order valence-corrected chi connectivity index (χ2v) is 3.70. The molecule has 0 aromatic carbocycles. The van der Waals surface area contributed by atoms with Crippen LogP contribution in [0.5, 0.6) is 0 Å². The van der Waals surface area contributed by atoms with Crippen LogP contribution in [0.4, 0.5) is 4.39 Å². The van der Waals surface area contributed by atoms with Crippen LogP contribution in [0.25, 0.3) is 0 Å². The maximum Gasteiger partial charge on any atom is 0.216 e. The molecule has 1 aliphatic rings. The van der Waals surface area contributed by atoms with Crippen LogP contribution in [0.1, 0.15) is 37.2 Å². The summed E-state index contributed by atoms with van der Waals surface area (Å²) in [5, 5.41) is 0. The maximum atomic E-state index is 13.3. The zero-order valence-electron chi connectivity index (χ0n) is 7.87. The van der Waals surface area contributed by atoms with Gasteiger partial charge >= 0.3 is 0 Å². The first kappa shape index (κ1) is 9.31. The van der Waals surface area contributed by atoms with Gasteiger partial charge in [0.05, 0.1) is 0 Å². The van der Waals surface area contributed by atoms with E-state index in [9.17, 15) is 9.18 Å². The first-order valence-electron chi connectivity index (χ1n) is 4.89. The highest BCUT2D eigenvalue weighted by atomic mass is 19.1. The van der Waals surface area contributed by atoms with Gasteiger partial charge in [-0.1, -0.05) is 6.07 Å². The van der Waals surface area contributed by atoms with Crippen LogP contribution < -0.4 is 0 Å². The Bertz CT molecular complexity index is 341. The second kappa shape index (κ2) is 3.86. The smallest absolute Gasteiger partial charge is 0.216 e. The molecule has 0 saturated heterocycles. The van der Waals surface area contributed by atoms with Crippen molar-refractivity contribution in [3.8, 4) is 0 Å². The van der Waals surface area contributed by atoms with Crippen LogP contribution in [-0.2, 0) is 4.79 Å². The van der Waals surface area contributed by atoms with Crippen LogP contribution in [0, 0.1) is 5.95 Å². The predicted octanol–water partition coefficient (Wildman–Crippen LogP) is 2.45. The molecule has 14 heavy (non-hydrogen) atoms. The van der Waals surface area contributed by atoms with Gasteiger partial charge in [0.15, 0.2) is 0 Å². The molecule has 0 spiro atoms. The average Bonchev–Trinajstić information content (AvgIpc) is 2.20. The third-order valence-corrected chi connectivity index (χ3v) is 2.77. The van der Waals surface area contributed by atoms with Gasteiger partial charge in [-0.25, -0.2) is 4.98 Å². The Morgan fingerprint density at radius 1 is 1.36 bits per heavy atom. The molecule has 0 atom stereocenters. The van der Waals surface area contributed by atoms with E-state index in [1.54, 1.807) is 12.1 Å². The number of nitrogens with zero attached hydrogens (tertiary/aromatic N) is 1. The number of pyridine rings is 1. The summed E-state index contributed by atoms with van der Waals surface area (Å²) in [6.07, 6.45) is 4.15. The Morgan fingerprint density at radius 2 is 2.07 bits per heavy atom. The highest BCUT2D eigenvalue weighted by Crippen LogP contribution is 2.31. The van der Waals surface area contributed by atoms with E-state index in [0.29, 0.717) is 24.2 Å². The molecule has 74 valence electrons. The van der Waals surface area contributed by atoms with Crippen molar-refractivity contribution in [2.75, 3.05) is 0 Å². The number of carbonyl (C=O) groups excluding carboxylic acids is 1. The zero-order chi connectivity index (χ0) is 9.97. The van der Waals surface area contributed by atoms with Crippen molar-refractivity contribution in [2.45, 2.75) is 31.6 Å². The number of carbonyl (C=O) groups is 1. The molecule has 1 aliphatic carbocycles. The van der Waals surface area contributed by atoms with Gasteiger partial charge in [-0.3, -0.25) is 4.79 Å². The fraction of sp³-hybridized carbons (Fsp3) is 0.455. The van der Waals surface area contributed by atoms with Crippen LogP contribution in [-0.4, -0.2) is 10.8 Å². The number of hydrogen-bond donors (Lipinski definition) is 0. The molecular weight excluding hydrogens is 181 g/mol. The Morgan fingerprint density at radius 3 is 2.71 bits per heavy atom. The summed E-state index contributed by atoms with van der Waals surface area (Å²) < 4.78 is 13.3. The van der Waals surface area contributed by atoms with E-state index in [1.165, 1.54) is 6.20 Å². The van der Waals surface area contributed by atoms with Crippen LogP contribution in [0.15, 0.2) is 18.3 Å². The van der Waals surface area contributed by atoms with Gasteiger partial charge < -0.3 is 0 Å². The lowest BCUT2D eigenvalue weighted by molar-refractivity contribution is -0.120. The van der Waals surface area contributed by atoms with Crippen molar-refractivity contribution >= 4 is 5.78 Å². The zero-order valence-corrected chi connectivity index (χ0v) is 7.87. The van der Waals surface area contributed by atoms with Crippen molar-refractivity contribution in [3.05, 3.63) is 29.8 Å². The summed E-state index contributed by atoms with van der Waals surface area (Å²) in [7, 11) is 0. The molecule has 1 aromatic heterocycles. The summed E-state index contributed by atoms with van der Waals surface area (Å²) >= 11 is 0. The van der Waals surface area contributed by atoms with Crippen molar-refractivity contribution in [1.29, 1.82) is 0 Å². The normalized spacial score (nSPS) is 18.5. The molecule has 2 nitrogen and oxygen atoms in total. The maximum absolute atomic E-state index is 13.3. The number of Topliss-reactive ketones (excluding diaryl/α,β-unsaturated/α-hetero) is 1. The topological polar surface area (TPSA) is 30.0 Å². The van der Waals surface area contributed by atoms with E-state index in [1.807, 2.05) is 0 Å². The first-order chi connectivity index (χ1) is 6.77. The Balaban J connectivity index is 2.16. The summed E-state index contributed by atoms with van der Waals surface area (Å²) in [6.45, 7) is 0. The average molecular weight is 193 g/mol. The van der Waals surface area contributed by atoms with Crippen molar-refractivity contribution in [3.63, 3.8) is 0 Å². The first-order valence-corrected chi connectivity index (χ1v) is 4.89. The van der Waals surface area contributed by atoms with E-state index in [2.05, 4.69) is 4.98 Å². The van der Waals surface area contributed by atoms with Crippen LogP contribution in [0.3, 0.4) is 0 Å². The fourth-order valence-electron chi connectivity index (χ4n) is 1.95. The largest absolute Gasteiger partial charge is 0.300 e.